The third-order valence-corrected chi connectivity index (χ3v) is 4.94. The molecule has 0 radical (unpaired) electrons. The van der Waals surface area contributed by atoms with Gasteiger partial charge in [0.25, 0.3) is 5.88 Å². The summed E-state index contributed by atoms with van der Waals surface area (Å²) in [5.41, 5.74) is 0.151. The van der Waals surface area contributed by atoms with E-state index in [0.717, 1.165) is 6.07 Å². The number of allylic oxidation sites excluding steroid dienone is 1. The molecule has 0 amide bonds. The van der Waals surface area contributed by atoms with E-state index in [-0.39, 0.29) is 35.2 Å². The summed E-state index contributed by atoms with van der Waals surface area (Å²) in [6.07, 6.45) is 6.73. The number of benzene rings is 1. The quantitative estimate of drug-likeness (QED) is 0.755. The number of nitrogens with zero attached hydrogens (tertiary/aromatic N) is 3. The highest BCUT2D eigenvalue weighted by molar-refractivity contribution is 6.30. The first kappa shape index (κ1) is 19.9. The van der Waals surface area contributed by atoms with Crippen LogP contribution < -0.4 is 9.47 Å². The molecule has 1 aliphatic carbocycles. The van der Waals surface area contributed by atoms with Gasteiger partial charge in [0, 0.05) is 13.2 Å². The number of likely N-dealkylation sites (N-methyl/N-ethyl adjacent to an activating group) is 1. The van der Waals surface area contributed by atoms with Crippen LogP contribution in [0.15, 0.2) is 65.5 Å². The first-order chi connectivity index (χ1) is 14.4. The number of amidine groups is 1. The SMILES string of the molecule is CN1C(COc2cccc(C(=O)O)c2)=NC2C=CC(Oc3ncc(Cl)cc3F)=CC21. The van der Waals surface area contributed by atoms with E-state index in [9.17, 15) is 9.18 Å². The molecule has 2 heterocycles. The number of fused-ring (bicyclic) bond motifs is 1. The maximum Gasteiger partial charge on any atom is 0.335 e. The second-order valence-corrected chi connectivity index (χ2v) is 7.17. The van der Waals surface area contributed by atoms with Gasteiger partial charge in [0.05, 0.1) is 22.7 Å². The van der Waals surface area contributed by atoms with E-state index in [4.69, 9.17) is 26.2 Å². The van der Waals surface area contributed by atoms with Crippen molar-refractivity contribution in [1.82, 2.24) is 9.88 Å². The van der Waals surface area contributed by atoms with Crippen molar-refractivity contribution in [1.29, 1.82) is 0 Å². The molecule has 0 saturated carbocycles. The normalized spacial score (nSPS) is 19.8. The lowest BCUT2D eigenvalue weighted by atomic mass is 10.0. The van der Waals surface area contributed by atoms with Crippen LogP contribution in [0.5, 0.6) is 11.6 Å². The van der Waals surface area contributed by atoms with Gasteiger partial charge in [-0.25, -0.2) is 14.2 Å². The Hall–Kier alpha value is -3.39. The molecule has 0 bridgehead atoms. The van der Waals surface area contributed by atoms with Crippen molar-refractivity contribution in [2.24, 2.45) is 4.99 Å². The summed E-state index contributed by atoms with van der Waals surface area (Å²) in [6, 6.07) is 7.16. The zero-order valence-electron chi connectivity index (χ0n) is 15.8. The molecule has 2 aromatic rings. The number of aliphatic imine (C=N–C) groups is 1. The lowest BCUT2D eigenvalue weighted by Crippen LogP contribution is -2.38. The van der Waals surface area contributed by atoms with E-state index in [1.165, 1.54) is 18.3 Å². The van der Waals surface area contributed by atoms with Gasteiger partial charge in [0.2, 0.25) is 0 Å². The largest absolute Gasteiger partial charge is 0.486 e. The predicted octanol–water partition coefficient (Wildman–Crippen LogP) is 3.56. The minimum absolute atomic E-state index is 0.121. The number of aromatic carboxylic acids is 1. The van der Waals surface area contributed by atoms with Crippen LogP contribution in [0.3, 0.4) is 0 Å². The van der Waals surface area contributed by atoms with Gasteiger partial charge in [-0.3, -0.25) is 4.99 Å². The van der Waals surface area contributed by atoms with Crippen LogP contribution in [0, 0.1) is 5.82 Å². The van der Waals surface area contributed by atoms with Crippen molar-refractivity contribution in [2.75, 3.05) is 13.7 Å². The summed E-state index contributed by atoms with van der Waals surface area (Å²) < 4.78 is 25.2. The third-order valence-electron chi connectivity index (χ3n) is 4.73. The zero-order chi connectivity index (χ0) is 21.3. The monoisotopic (exact) mass is 429 g/mol. The van der Waals surface area contributed by atoms with Gasteiger partial charge in [0.1, 0.15) is 24.0 Å². The highest BCUT2D eigenvalue weighted by atomic mass is 35.5. The first-order valence-electron chi connectivity index (χ1n) is 9.05. The average Bonchev–Trinajstić information content (AvgIpc) is 3.04. The summed E-state index contributed by atoms with van der Waals surface area (Å²) in [5.74, 6) is -0.228. The second kappa shape index (κ2) is 8.16. The lowest BCUT2D eigenvalue weighted by Gasteiger charge is -2.25. The lowest BCUT2D eigenvalue weighted by molar-refractivity contribution is 0.0696. The maximum atomic E-state index is 13.9. The van der Waals surface area contributed by atoms with Crippen molar-refractivity contribution in [3.8, 4) is 11.6 Å². The Morgan fingerprint density at radius 1 is 1.37 bits per heavy atom. The molecule has 1 N–H and O–H groups in total. The fraction of sp³-hybridized carbons (Fsp3) is 0.190. The van der Waals surface area contributed by atoms with Crippen molar-refractivity contribution < 1.29 is 23.8 Å². The van der Waals surface area contributed by atoms with Crippen molar-refractivity contribution in [3.63, 3.8) is 0 Å². The summed E-state index contributed by atoms with van der Waals surface area (Å²) in [4.78, 5) is 21.5. The van der Waals surface area contributed by atoms with E-state index in [2.05, 4.69) is 9.98 Å². The number of rotatable bonds is 6. The van der Waals surface area contributed by atoms with Crippen LogP contribution in [0.1, 0.15) is 10.4 Å². The van der Waals surface area contributed by atoms with Gasteiger partial charge in [-0.05, 0) is 36.4 Å². The molecule has 1 aromatic carbocycles. The number of halogens is 2. The standard InChI is InChI=1S/C21H17ClFN3O4/c1-26-18-9-15(30-20-16(23)8-13(22)10-24-20)5-6-17(18)25-19(26)11-29-14-4-2-3-12(7-14)21(27)28/h2-10,17-18H,11H2,1H3,(H,27,28). The van der Waals surface area contributed by atoms with Crippen LogP contribution >= 0.6 is 11.6 Å². The number of aromatic nitrogens is 1. The van der Waals surface area contributed by atoms with E-state index in [1.54, 1.807) is 18.2 Å². The summed E-state index contributed by atoms with van der Waals surface area (Å²) in [5, 5.41) is 9.27. The van der Waals surface area contributed by atoms with E-state index in [1.807, 2.05) is 24.1 Å². The van der Waals surface area contributed by atoms with Crippen LogP contribution in [0.4, 0.5) is 4.39 Å². The minimum Gasteiger partial charge on any atom is -0.486 e. The van der Waals surface area contributed by atoms with Crippen LogP contribution in [-0.4, -0.2) is 52.5 Å². The summed E-state index contributed by atoms with van der Waals surface area (Å²) in [7, 11) is 1.87. The molecule has 4 rings (SSSR count). The van der Waals surface area contributed by atoms with Crippen LogP contribution in [0.25, 0.3) is 0 Å². The second-order valence-electron chi connectivity index (χ2n) is 6.73. The van der Waals surface area contributed by atoms with E-state index < -0.39 is 11.8 Å². The third kappa shape index (κ3) is 4.13. The molecular weight excluding hydrogens is 413 g/mol. The van der Waals surface area contributed by atoms with E-state index in [0.29, 0.717) is 17.3 Å². The fourth-order valence-corrected chi connectivity index (χ4v) is 3.33. The van der Waals surface area contributed by atoms with Crippen LogP contribution in [0.2, 0.25) is 5.02 Å². The smallest absolute Gasteiger partial charge is 0.335 e. The minimum atomic E-state index is -1.02. The Balaban J connectivity index is 1.42. The molecule has 0 saturated heterocycles. The Morgan fingerprint density at radius 2 is 2.20 bits per heavy atom. The molecule has 7 nitrogen and oxygen atoms in total. The Morgan fingerprint density at radius 3 is 2.97 bits per heavy atom. The van der Waals surface area contributed by atoms with Gasteiger partial charge in [-0.1, -0.05) is 23.7 Å². The Kier molecular flexibility index (Phi) is 5.41. The highest BCUT2D eigenvalue weighted by Crippen LogP contribution is 2.27. The zero-order valence-corrected chi connectivity index (χ0v) is 16.6. The molecule has 30 heavy (non-hydrogen) atoms. The van der Waals surface area contributed by atoms with Crippen molar-refractivity contribution in [3.05, 3.63) is 76.9 Å². The van der Waals surface area contributed by atoms with Crippen LogP contribution in [-0.2, 0) is 0 Å². The topological polar surface area (TPSA) is 84.2 Å². The maximum absolute atomic E-state index is 13.9. The summed E-state index contributed by atoms with van der Waals surface area (Å²) in [6.45, 7) is 0.178. The molecule has 9 heteroatoms. The molecule has 1 aromatic heterocycles. The van der Waals surface area contributed by atoms with E-state index >= 15 is 0 Å². The van der Waals surface area contributed by atoms with Gasteiger partial charge < -0.3 is 19.5 Å². The average molecular weight is 430 g/mol. The fourth-order valence-electron chi connectivity index (χ4n) is 3.19. The molecule has 1 aliphatic heterocycles. The molecule has 2 unspecified atom stereocenters. The molecule has 154 valence electrons. The highest BCUT2D eigenvalue weighted by Gasteiger charge is 2.33. The van der Waals surface area contributed by atoms with Gasteiger partial charge in [-0.2, -0.15) is 0 Å². The molecule has 2 aliphatic rings. The number of pyridine rings is 1. The molecule has 2 atom stereocenters. The molecule has 0 fully saturated rings. The Bertz CT molecular complexity index is 1090. The predicted molar refractivity (Wildman–Crippen MR) is 109 cm³/mol. The molecular formula is C21H17ClFN3O4. The number of ether oxygens (including phenoxy) is 2. The van der Waals surface area contributed by atoms with Gasteiger partial charge in [-0.15, -0.1) is 0 Å². The van der Waals surface area contributed by atoms with Crippen molar-refractivity contribution >= 4 is 23.4 Å². The number of carbonyl (C=O) groups is 1. The number of hydrogen-bond donors (Lipinski definition) is 1. The first-order valence-corrected chi connectivity index (χ1v) is 9.43. The Labute approximate surface area is 176 Å². The summed E-state index contributed by atoms with van der Waals surface area (Å²) >= 11 is 5.72. The molecule has 0 spiro atoms. The van der Waals surface area contributed by atoms with Gasteiger partial charge in [0.15, 0.2) is 5.82 Å². The van der Waals surface area contributed by atoms with Crippen molar-refractivity contribution in [2.45, 2.75) is 12.1 Å². The number of hydrogen-bond acceptors (Lipinski definition) is 6. The number of carboxylic acid groups (broad SMARTS) is 1. The number of carboxylic acids is 1. The van der Waals surface area contributed by atoms with Gasteiger partial charge >= 0.3 is 5.97 Å².